The van der Waals surface area contributed by atoms with Crippen LogP contribution in [0.2, 0.25) is 0 Å². The van der Waals surface area contributed by atoms with Crippen LogP contribution in [-0.2, 0) is 9.59 Å². The average Bonchev–Trinajstić information content (AvgIpc) is 2.15. The topological polar surface area (TPSA) is 69.6 Å². The predicted molar refractivity (Wildman–Crippen MR) is 66.9 cm³/mol. The minimum absolute atomic E-state index is 0.00492. The Kier molecular flexibility index (Phi) is 6.80. The van der Waals surface area contributed by atoms with E-state index in [1.807, 2.05) is 27.8 Å². The maximum absolute atomic E-state index is 12.0. The first-order chi connectivity index (χ1) is 7.79. The van der Waals surface area contributed by atoms with Crippen molar-refractivity contribution in [3.63, 3.8) is 0 Å². The Hall–Kier alpha value is -1.10. The number of hydrogen-bond donors (Lipinski definition) is 2. The van der Waals surface area contributed by atoms with Gasteiger partial charge in [-0.05, 0) is 40.8 Å². The molecule has 0 aromatic heterocycles. The van der Waals surface area contributed by atoms with E-state index in [4.69, 9.17) is 5.11 Å². The van der Waals surface area contributed by atoms with Gasteiger partial charge in [0.1, 0.15) is 0 Å². The molecule has 0 unspecified atom stereocenters. The molecule has 0 aliphatic heterocycles. The first kappa shape index (κ1) is 15.9. The normalized spacial score (nSPS) is 11.3. The van der Waals surface area contributed by atoms with Crippen molar-refractivity contribution in [3.05, 3.63) is 0 Å². The highest BCUT2D eigenvalue weighted by Gasteiger charge is 2.26. The standard InChI is InChI=1S/C12H24N2O3/c1-12(2,3)14(9-7-11(16)17)10(15)6-5-8-13-4/h13H,5-9H2,1-4H3,(H,16,17). The lowest BCUT2D eigenvalue weighted by Crippen LogP contribution is -2.46. The van der Waals surface area contributed by atoms with Crippen LogP contribution in [0.1, 0.15) is 40.0 Å². The van der Waals surface area contributed by atoms with Crippen LogP contribution in [0.25, 0.3) is 0 Å². The molecule has 0 radical (unpaired) electrons. The summed E-state index contributed by atoms with van der Waals surface area (Å²) in [5.41, 5.74) is -0.327. The van der Waals surface area contributed by atoms with Crippen LogP contribution in [0.3, 0.4) is 0 Å². The number of nitrogens with one attached hydrogen (secondary N) is 1. The zero-order valence-electron chi connectivity index (χ0n) is 11.2. The van der Waals surface area contributed by atoms with Crippen molar-refractivity contribution in [1.29, 1.82) is 0 Å². The van der Waals surface area contributed by atoms with Gasteiger partial charge in [-0.15, -0.1) is 0 Å². The van der Waals surface area contributed by atoms with E-state index in [-0.39, 0.29) is 24.4 Å². The molecule has 2 N–H and O–H groups in total. The summed E-state index contributed by atoms with van der Waals surface area (Å²) in [4.78, 5) is 24.2. The molecule has 0 spiro atoms. The summed E-state index contributed by atoms with van der Waals surface area (Å²) in [6.07, 6.45) is 1.22. The third kappa shape index (κ3) is 6.94. The summed E-state index contributed by atoms with van der Waals surface area (Å²) in [5.74, 6) is -0.851. The molecule has 0 heterocycles. The summed E-state index contributed by atoms with van der Waals surface area (Å²) >= 11 is 0. The van der Waals surface area contributed by atoms with Crippen LogP contribution in [0, 0.1) is 0 Å². The highest BCUT2D eigenvalue weighted by atomic mass is 16.4. The van der Waals surface area contributed by atoms with Gasteiger partial charge in [0, 0.05) is 18.5 Å². The number of carbonyl (C=O) groups is 2. The van der Waals surface area contributed by atoms with Crippen molar-refractivity contribution in [2.75, 3.05) is 20.1 Å². The number of nitrogens with zero attached hydrogens (tertiary/aromatic N) is 1. The van der Waals surface area contributed by atoms with Gasteiger partial charge in [0.25, 0.3) is 0 Å². The quantitative estimate of drug-likeness (QED) is 0.658. The maximum atomic E-state index is 12.0. The van der Waals surface area contributed by atoms with Crippen molar-refractivity contribution >= 4 is 11.9 Å². The fourth-order valence-electron chi connectivity index (χ4n) is 1.59. The Morgan fingerprint density at radius 1 is 1.24 bits per heavy atom. The third-order valence-corrected chi connectivity index (χ3v) is 2.48. The molecule has 0 atom stereocenters. The van der Waals surface area contributed by atoms with E-state index in [1.54, 1.807) is 4.90 Å². The van der Waals surface area contributed by atoms with Crippen LogP contribution in [0.15, 0.2) is 0 Å². The Balaban J connectivity index is 4.36. The van der Waals surface area contributed by atoms with Gasteiger partial charge in [0.05, 0.1) is 6.42 Å². The molecule has 0 aliphatic rings. The highest BCUT2D eigenvalue weighted by Crippen LogP contribution is 2.15. The summed E-state index contributed by atoms with van der Waals surface area (Å²) in [6.45, 7) is 6.83. The zero-order chi connectivity index (χ0) is 13.5. The molecule has 0 saturated carbocycles. The minimum atomic E-state index is -0.873. The molecule has 1 amide bonds. The molecule has 0 bridgehead atoms. The Labute approximate surface area is 103 Å². The van der Waals surface area contributed by atoms with E-state index in [9.17, 15) is 9.59 Å². The fourth-order valence-corrected chi connectivity index (χ4v) is 1.59. The van der Waals surface area contributed by atoms with Crippen molar-refractivity contribution in [2.45, 2.75) is 45.6 Å². The van der Waals surface area contributed by atoms with Gasteiger partial charge in [0.15, 0.2) is 0 Å². The fraction of sp³-hybridized carbons (Fsp3) is 0.833. The number of hydrogen-bond acceptors (Lipinski definition) is 3. The largest absolute Gasteiger partial charge is 0.481 e. The van der Waals surface area contributed by atoms with Crippen molar-refractivity contribution in [1.82, 2.24) is 10.2 Å². The Bertz CT molecular complexity index is 259. The lowest BCUT2D eigenvalue weighted by atomic mass is 10.0. The summed E-state index contributed by atoms with van der Waals surface area (Å²) < 4.78 is 0. The van der Waals surface area contributed by atoms with Crippen LogP contribution >= 0.6 is 0 Å². The number of carboxylic acids is 1. The molecule has 0 aromatic carbocycles. The number of amides is 1. The third-order valence-electron chi connectivity index (χ3n) is 2.48. The van der Waals surface area contributed by atoms with E-state index in [0.29, 0.717) is 6.42 Å². The number of carboxylic acid groups (broad SMARTS) is 1. The van der Waals surface area contributed by atoms with Crippen LogP contribution in [-0.4, -0.2) is 47.6 Å². The Morgan fingerprint density at radius 2 is 1.82 bits per heavy atom. The van der Waals surface area contributed by atoms with Crippen molar-refractivity contribution in [2.24, 2.45) is 0 Å². The molecule has 5 heteroatoms. The number of carbonyl (C=O) groups excluding carboxylic acids is 1. The van der Waals surface area contributed by atoms with Gasteiger partial charge in [-0.1, -0.05) is 0 Å². The van der Waals surface area contributed by atoms with Crippen LogP contribution < -0.4 is 5.32 Å². The maximum Gasteiger partial charge on any atom is 0.305 e. The second-order valence-electron chi connectivity index (χ2n) is 5.07. The second-order valence-corrected chi connectivity index (χ2v) is 5.07. The second kappa shape index (κ2) is 7.27. The van der Waals surface area contributed by atoms with E-state index < -0.39 is 5.97 Å². The molecule has 0 aliphatic carbocycles. The first-order valence-corrected chi connectivity index (χ1v) is 5.96. The number of rotatable bonds is 7. The predicted octanol–water partition coefficient (Wildman–Crippen LogP) is 1.09. The van der Waals surface area contributed by atoms with Crippen molar-refractivity contribution in [3.8, 4) is 0 Å². The number of aliphatic carboxylic acids is 1. The monoisotopic (exact) mass is 244 g/mol. The van der Waals surface area contributed by atoms with Gasteiger partial charge in [0.2, 0.25) is 5.91 Å². The molecule has 0 fully saturated rings. The van der Waals surface area contributed by atoms with E-state index in [1.165, 1.54) is 0 Å². The van der Waals surface area contributed by atoms with Crippen molar-refractivity contribution < 1.29 is 14.7 Å². The van der Waals surface area contributed by atoms with Gasteiger partial charge in [-0.2, -0.15) is 0 Å². The first-order valence-electron chi connectivity index (χ1n) is 5.96. The molecule has 100 valence electrons. The summed E-state index contributed by atoms with van der Waals surface area (Å²) in [5, 5.41) is 11.7. The van der Waals surface area contributed by atoms with E-state index >= 15 is 0 Å². The molecular formula is C12H24N2O3. The SMILES string of the molecule is CNCCCC(=O)N(CCC(=O)O)C(C)(C)C. The van der Waals surface area contributed by atoms with Gasteiger partial charge >= 0.3 is 5.97 Å². The molecular weight excluding hydrogens is 220 g/mol. The van der Waals surface area contributed by atoms with Crippen LogP contribution in [0.5, 0.6) is 0 Å². The zero-order valence-corrected chi connectivity index (χ0v) is 11.2. The lowest BCUT2D eigenvalue weighted by molar-refractivity contribution is -0.140. The summed E-state index contributed by atoms with van der Waals surface area (Å²) in [6, 6.07) is 0. The van der Waals surface area contributed by atoms with E-state index in [2.05, 4.69) is 5.32 Å². The molecule has 0 saturated heterocycles. The van der Waals surface area contributed by atoms with Gasteiger partial charge in [-0.3, -0.25) is 9.59 Å². The average molecular weight is 244 g/mol. The summed E-state index contributed by atoms with van der Waals surface area (Å²) in [7, 11) is 1.84. The molecule has 0 rings (SSSR count). The van der Waals surface area contributed by atoms with Gasteiger partial charge < -0.3 is 15.3 Å². The molecule has 0 aromatic rings. The van der Waals surface area contributed by atoms with Crippen LogP contribution in [0.4, 0.5) is 0 Å². The Morgan fingerprint density at radius 3 is 2.24 bits per heavy atom. The lowest BCUT2D eigenvalue weighted by Gasteiger charge is -2.35. The van der Waals surface area contributed by atoms with Gasteiger partial charge in [-0.25, -0.2) is 0 Å². The smallest absolute Gasteiger partial charge is 0.305 e. The molecule has 5 nitrogen and oxygen atoms in total. The highest BCUT2D eigenvalue weighted by molar-refractivity contribution is 5.77. The molecule has 17 heavy (non-hydrogen) atoms. The van der Waals surface area contributed by atoms with E-state index in [0.717, 1.165) is 13.0 Å². The minimum Gasteiger partial charge on any atom is -0.481 e.